The van der Waals surface area contributed by atoms with E-state index in [2.05, 4.69) is 48.9 Å². The van der Waals surface area contributed by atoms with Crippen LogP contribution in [0.15, 0.2) is 30.3 Å². The highest BCUT2D eigenvalue weighted by Crippen LogP contribution is 2.06. The van der Waals surface area contributed by atoms with Gasteiger partial charge in [-0.05, 0) is 30.0 Å². The summed E-state index contributed by atoms with van der Waals surface area (Å²) in [7, 11) is 0. The molecule has 1 aromatic carbocycles. The lowest BCUT2D eigenvalue weighted by Gasteiger charge is -1.99. The Balaban J connectivity index is 0.000000583. The van der Waals surface area contributed by atoms with Gasteiger partial charge >= 0.3 is 0 Å². The van der Waals surface area contributed by atoms with E-state index in [0.717, 1.165) is 0 Å². The first kappa shape index (κ1) is 14.2. The van der Waals surface area contributed by atoms with Gasteiger partial charge in [-0.25, -0.2) is 0 Å². The van der Waals surface area contributed by atoms with E-state index in [1.807, 2.05) is 0 Å². The van der Waals surface area contributed by atoms with Crippen LogP contribution in [0.1, 0.15) is 38.2 Å². The Morgan fingerprint density at radius 2 is 1.73 bits per heavy atom. The molecular formula is C13H19ClO. The Kier molecular flexibility index (Phi) is 10.6. The highest BCUT2D eigenvalue weighted by Gasteiger charge is 1.90. The summed E-state index contributed by atoms with van der Waals surface area (Å²) in [5, 5.41) is 0. The molecule has 2 heteroatoms. The zero-order chi connectivity index (χ0) is 11.4. The molecule has 0 heterocycles. The summed E-state index contributed by atoms with van der Waals surface area (Å²) in [5.41, 5.74) is 1.48. The van der Waals surface area contributed by atoms with E-state index >= 15 is 0 Å². The van der Waals surface area contributed by atoms with E-state index in [1.54, 1.807) is 0 Å². The number of benzene rings is 1. The van der Waals surface area contributed by atoms with Crippen molar-refractivity contribution < 1.29 is 4.79 Å². The number of hydrogen-bond donors (Lipinski definition) is 0. The number of rotatable bonds is 5. The van der Waals surface area contributed by atoms with Gasteiger partial charge in [0, 0.05) is 0 Å². The number of aryl methyl sites for hydroxylation is 1. The van der Waals surface area contributed by atoms with Gasteiger partial charge in [-0.1, -0.05) is 56.5 Å². The molecule has 0 saturated heterocycles. The fourth-order valence-electron chi connectivity index (χ4n) is 1.40. The van der Waals surface area contributed by atoms with Crippen LogP contribution in [0.2, 0.25) is 0 Å². The molecular weight excluding hydrogens is 208 g/mol. The van der Waals surface area contributed by atoms with Crippen molar-refractivity contribution in [2.24, 2.45) is 0 Å². The molecule has 0 bridgehead atoms. The molecule has 84 valence electrons. The Morgan fingerprint density at radius 1 is 1.13 bits per heavy atom. The van der Waals surface area contributed by atoms with E-state index in [1.165, 1.54) is 37.7 Å². The van der Waals surface area contributed by atoms with Gasteiger partial charge in [0.2, 0.25) is 5.75 Å². The maximum absolute atomic E-state index is 8.57. The van der Waals surface area contributed by atoms with E-state index in [9.17, 15) is 0 Å². The molecule has 0 amide bonds. The number of carbonyl (C=O) groups excluding carboxylic acids is 1. The van der Waals surface area contributed by atoms with Crippen LogP contribution in [0.5, 0.6) is 0 Å². The molecule has 0 atom stereocenters. The Labute approximate surface area is 97.5 Å². The van der Waals surface area contributed by atoms with Crippen LogP contribution in [-0.4, -0.2) is 5.75 Å². The second-order valence-corrected chi connectivity index (χ2v) is 3.56. The van der Waals surface area contributed by atoms with Crippen molar-refractivity contribution in [2.75, 3.05) is 0 Å². The van der Waals surface area contributed by atoms with Gasteiger partial charge in [-0.3, -0.25) is 4.79 Å². The van der Waals surface area contributed by atoms with Crippen LogP contribution in [0.3, 0.4) is 0 Å². The first-order valence-corrected chi connectivity index (χ1v) is 5.86. The van der Waals surface area contributed by atoms with E-state index in [-0.39, 0.29) is 5.75 Å². The highest BCUT2D eigenvalue weighted by atomic mass is 35.5. The van der Waals surface area contributed by atoms with E-state index < -0.39 is 0 Å². The summed E-state index contributed by atoms with van der Waals surface area (Å²) in [6.45, 7) is 2.25. The third-order valence-corrected chi connectivity index (χ3v) is 2.16. The summed E-state index contributed by atoms with van der Waals surface area (Å²) in [5.74, 6) is 0.222. The van der Waals surface area contributed by atoms with Gasteiger partial charge in [0.15, 0.2) is 0 Å². The molecule has 0 spiro atoms. The van der Waals surface area contributed by atoms with Crippen LogP contribution < -0.4 is 0 Å². The summed E-state index contributed by atoms with van der Waals surface area (Å²) in [6, 6.07) is 10.7. The molecule has 1 nitrogen and oxygen atoms in total. The number of carbonyl (C=O) groups is 1. The lowest BCUT2D eigenvalue weighted by atomic mass is 10.1. The van der Waals surface area contributed by atoms with Crippen molar-refractivity contribution in [1.82, 2.24) is 0 Å². The van der Waals surface area contributed by atoms with Crippen LogP contribution in [-0.2, 0) is 11.2 Å². The van der Waals surface area contributed by atoms with Crippen molar-refractivity contribution in [3.8, 4) is 0 Å². The van der Waals surface area contributed by atoms with E-state index in [4.69, 9.17) is 4.79 Å². The molecule has 1 rings (SSSR count). The SMILES string of the molecule is CCCCCCc1ccccc1.O=CCl. The molecule has 0 aliphatic heterocycles. The number of unbranched alkanes of at least 4 members (excludes halogenated alkanes) is 3. The normalized spacial score (nSPS) is 8.93. The second-order valence-electron chi connectivity index (χ2n) is 3.39. The molecule has 0 saturated carbocycles. The van der Waals surface area contributed by atoms with Crippen molar-refractivity contribution in [1.29, 1.82) is 0 Å². The standard InChI is InChI=1S/C12H18.CHClO/c1-2-3-4-6-9-12-10-7-5-8-11-12;2-1-3/h5,7-8,10-11H,2-4,6,9H2,1H3;1H. The van der Waals surface area contributed by atoms with Gasteiger partial charge in [0.1, 0.15) is 0 Å². The van der Waals surface area contributed by atoms with Crippen molar-refractivity contribution in [2.45, 2.75) is 39.0 Å². The van der Waals surface area contributed by atoms with Crippen LogP contribution in [0.4, 0.5) is 0 Å². The largest absolute Gasteiger partial charge is 0.285 e. The highest BCUT2D eigenvalue weighted by molar-refractivity contribution is 6.54. The lowest BCUT2D eigenvalue weighted by Crippen LogP contribution is -1.84. The monoisotopic (exact) mass is 226 g/mol. The number of halogens is 1. The Hall–Kier alpha value is -0.820. The molecule has 0 fully saturated rings. The van der Waals surface area contributed by atoms with Gasteiger partial charge in [0.05, 0.1) is 0 Å². The fourth-order valence-corrected chi connectivity index (χ4v) is 1.40. The predicted molar refractivity (Wildman–Crippen MR) is 66.9 cm³/mol. The molecule has 15 heavy (non-hydrogen) atoms. The van der Waals surface area contributed by atoms with Crippen LogP contribution in [0.25, 0.3) is 0 Å². The molecule has 0 aromatic heterocycles. The van der Waals surface area contributed by atoms with Crippen molar-refractivity contribution in [3.63, 3.8) is 0 Å². The smallest absolute Gasteiger partial charge is 0.208 e. The average Bonchev–Trinajstić information content (AvgIpc) is 2.27. The molecule has 0 N–H and O–H groups in total. The summed E-state index contributed by atoms with van der Waals surface area (Å²) in [6.07, 6.45) is 6.69. The molecule has 1 aromatic rings. The first-order valence-electron chi connectivity index (χ1n) is 5.43. The fraction of sp³-hybridized carbons (Fsp3) is 0.462. The quantitative estimate of drug-likeness (QED) is 0.417. The van der Waals surface area contributed by atoms with Gasteiger partial charge < -0.3 is 0 Å². The predicted octanol–water partition coefficient (Wildman–Crippen LogP) is 4.22. The lowest BCUT2D eigenvalue weighted by molar-refractivity contribution is 0.569. The maximum atomic E-state index is 8.57. The summed E-state index contributed by atoms with van der Waals surface area (Å²) in [4.78, 5) is 8.57. The van der Waals surface area contributed by atoms with Gasteiger partial charge in [0.25, 0.3) is 0 Å². The number of hydrogen-bond acceptors (Lipinski definition) is 1. The van der Waals surface area contributed by atoms with Gasteiger partial charge in [-0.15, -0.1) is 0 Å². The molecule has 0 aliphatic rings. The minimum absolute atomic E-state index is 0.222. The zero-order valence-corrected chi connectivity index (χ0v) is 10.0. The molecule has 0 radical (unpaired) electrons. The Bertz CT molecular complexity index is 234. The molecule has 0 unspecified atom stereocenters. The second kappa shape index (κ2) is 11.3. The Morgan fingerprint density at radius 3 is 2.27 bits per heavy atom. The minimum Gasteiger partial charge on any atom is -0.285 e. The average molecular weight is 227 g/mol. The van der Waals surface area contributed by atoms with Crippen LogP contribution in [0, 0.1) is 0 Å². The van der Waals surface area contributed by atoms with E-state index in [0.29, 0.717) is 0 Å². The topological polar surface area (TPSA) is 17.1 Å². The van der Waals surface area contributed by atoms with Crippen LogP contribution >= 0.6 is 11.6 Å². The minimum atomic E-state index is 0.222. The maximum Gasteiger partial charge on any atom is 0.208 e. The third kappa shape index (κ3) is 9.48. The summed E-state index contributed by atoms with van der Waals surface area (Å²) >= 11 is 4.32. The van der Waals surface area contributed by atoms with Crippen molar-refractivity contribution in [3.05, 3.63) is 35.9 Å². The van der Waals surface area contributed by atoms with Gasteiger partial charge in [-0.2, -0.15) is 0 Å². The third-order valence-electron chi connectivity index (χ3n) is 2.16. The van der Waals surface area contributed by atoms with Crippen molar-refractivity contribution >= 4 is 17.3 Å². The zero-order valence-electron chi connectivity index (χ0n) is 9.29. The first-order chi connectivity index (χ1) is 7.35. The summed E-state index contributed by atoms with van der Waals surface area (Å²) < 4.78 is 0. The molecule has 0 aliphatic carbocycles.